The third-order valence-electron chi connectivity index (χ3n) is 3.79. The van der Waals surface area contributed by atoms with Crippen molar-refractivity contribution < 1.29 is 9.84 Å². The molecule has 1 saturated carbocycles. The minimum absolute atomic E-state index is 0.309. The van der Waals surface area contributed by atoms with Gasteiger partial charge in [-0.25, -0.2) is 0 Å². The molecule has 0 heterocycles. The van der Waals surface area contributed by atoms with Gasteiger partial charge in [0.15, 0.2) is 0 Å². The Hall–Kier alpha value is -0.770. The fraction of sp³-hybridized carbons (Fsp3) is 0.600. The molecule has 2 rings (SSSR count). The molecule has 1 atom stereocenters. The summed E-state index contributed by atoms with van der Waals surface area (Å²) < 4.78 is 5.67. The van der Waals surface area contributed by atoms with Crippen LogP contribution in [0, 0.1) is 5.92 Å². The highest BCUT2D eigenvalue weighted by Gasteiger charge is 2.19. The maximum Gasteiger partial charge on any atom is 0.125 e. The summed E-state index contributed by atoms with van der Waals surface area (Å²) in [5.74, 6) is 1.34. The van der Waals surface area contributed by atoms with Crippen LogP contribution in [-0.4, -0.2) is 17.8 Å². The topological polar surface area (TPSA) is 55.5 Å². The van der Waals surface area contributed by atoms with E-state index in [-0.39, 0.29) is 0 Å². The molecule has 0 aliphatic heterocycles. The van der Waals surface area contributed by atoms with Crippen molar-refractivity contribution in [1.82, 2.24) is 0 Å². The van der Waals surface area contributed by atoms with Gasteiger partial charge in [0.25, 0.3) is 0 Å². The van der Waals surface area contributed by atoms with Crippen molar-refractivity contribution in [2.75, 3.05) is 6.61 Å². The average molecular weight is 284 g/mol. The summed E-state index contributed by atoms with van der Waals surface area (Å²) >= 11 is 6.06. The smallest absolute Gasteiger partial charge is 0.125 e. The molecular weight excluding hydrogens is 262 g/mol. The molecular formula is C15H22ClNO2. The molecule has 19 heavy (non-hydrogen) atoms. The van der Waals surface area contributed by atoms with Gasteiger partial charge < -0.3 is 15.6 Å². The minimum Gasteiger partial charge on any atom is -0.491 e. The standard InChI is InChI=1S/C15H22ClNO2/c16-14-6-3-7-15(13(14)9-17)19-10-12(18)8-11-4-1-2-5-11/h3,6-7,11-12,18H,1-2,4-5,8-10,17H2. The summed E-state index contributed by atoms with van der Waals surface area (Å²) in [5, 5.41) is 10.6. The maximum absolute atomic E-state index is 10.0. The Morgan fingerprint density at radius 1 is 1.37 bits per heavy atom. The summed E-state index contributed by atoms with van der Waals surface area (Å²) in [6.45, 7) is 0.650. The lowest BCUT2D eigenvalue weighted by Gasteiger charge is -2.17. The summed E-state index contributed by atoms with van der Waals surface area (Å²) in [5.41, 5.74) is 6.47. The molecule has 0 radical (unpaired) electrons. The largest absolute Gasteiger partial charge is 0.491 e. The highest BCUT2D eigenvalue weighted by atomic mass is 35.5. The Bertz CT molecular complexity index is 405. The van der Waals surface area contributed by atoms with E-state index in [0.717, 1.165) is 12.0 Å². The van der Waals surface area contributed by atoms with E-state index in [1.165, 1.54) is 25.7 Å². The highest BCUT2D eigenvalue weighted by molar-refractivity contribution is 6.31. The van der Waals surface area contributed by atoms with E-state index in [1.807, 2.05) is 12.1 Å². The number of aliphatic hydroxyl groups is 1. The van der Waals surface area contributed by atoms with Gasteiger partial charge in [-0.3, -0.25) is 0 Å². The molecule has 0 spiro atoms. The van der Waals surface area contributed by atoms with Gasteiger partial charge in [-0.05, 0) is 24.5 Å². The van der Waals surface area contributed by atoms with Crippen molar-refractivity contribution in [3.05, 3.63) is 28.8 Å². The van der Waals surface area contributed by atoms with Gasteiger partial charge in [0.05, 0.1) is 6.10 Å². The molecule has 0 aromatic heterocycles. The average Bonchev–Trinajstić information content (AvgIpc) is 2.89. The van der Waals surface area contributed by atoms with Crippen LogP contribution >= 0.6 is 11.6 Å². The van der Waals surface area contributed by atoms with Crippen LogP contribution in [-0.2, 0) is 6.54 Å². The number of nitrogens with two attached hydrogens (primary N) is 1. The molecule has 3 nitrogen and oxygen atoms in total. The summed E-state index contributed by atoms with van der Waals surface area (Å²) in [6, 6.07) is 5.47. The van der Waals surface area contributed by atoms with Crippen molar-refractivity contribution in [2.45, 2.75) is 44.8 Å². The normalized spacial score (nSPS) is 17.6. The van der Waals surface area contributed by atoms with Crippen LogP contribution in [0.1, 0.15) is 37.7 Å². The first-order chi connectivity index (χ1) is 9.20. The lowest BCUT2D eigenvalue weighted by atomic mass is 10.0. The molecule has 1 aliphatic carbocycles. The molecule has 0 bridgehead atoms. The van der Waals surface area contributed by atoms with Crippen LogP contribution in [0.25, 0.3) is 0 Å². The van der Waals surface area contributed by atoms with E-state index in [1.54, 1.807) is 6.07 Å². The van der Waals surface area contributed by atoms with Gasteiger partial charge in [-0.15, -0.1) is 0 Å². The number of ether oxygens (including phenoxy) is 1. The number of hydrogen-bond acceptors (Lipinski definition) is 3. The van der Waals surface area contributed by atoms with Crippen LogP contribution in [0.5, 0.6) is 5.75 Å². The van der Waals surface area contributed by atoms with E-state index in [9.17, 15) is 5.11 Å². The first-order valence-corrected chi connectivity index (χ1v) is 7.37. The number of aliphatic hydroxyl groups excluding tert-OH is 1. The van der Waals surface area contributed by atoms with E-state index in [2.05, 4.69) is 0 Å². The van der Waals surface area contributed by atoms with Crippen LogP contribution in [0.3, 0.4) is 0 Å². The molecule has 0 amide bonds. The second kappa shape index (κ2) is 7.13. The van der Waals surface area contributed by atoms with Crippen molar-refractivity contribution in [3.8, 4) is 5.75 Å². The number of halogens is 1. The van der Waals surface area contributed by atoms with Crippen LogP contribution in [0.4, 0.5) is 0 Å². The second-order valence-electron chi connectivity index (χ2n) is 5.27. The Morgan fingerprint density at radius 2 is 2.11 bits per heavy atom. The van der Waals surface area contributed by atoms with Crippen molar-refractivity contribution in [1.29, 1.82) is 0 Å². The summed E-state index contributed by atoms with van der Waals surface area (Å²) in [6.07, 6.45) is 5.49. The molecule has 1 fully saturated rings. The minimum atomic E-state index is -0.410. The molecule has 1 aromatic carbocycles. The molecule has 3 N–H and O–H groups in total. The zero-order chi connectivity index (χ0) is 13.7. The summed E-state index contributed by atoms with van der Waals surface area (Å²) in [7, 11) is 0. The first kappa shape index (κ1) is 14.6. The molecule has 0 saturated heterocycles. The van der Waals surface area contributed by atoms with Gasteiger partial charge in [-0.1, -0.05) is 43.4 Å². The van der Waals surface area contributed by atoms with Gasteiger partial charge in [0.1, 0.15) is 12.4 Å². The number of rotatable bonds is 6. The maximum atomic E-state index is 10.0. The predicted molar refractivity (Wildman–Crippen MR) is 77.4 cm³/mol. The third kappa shape index (κ3) is 4.10. The lowest BCUT2D eigenvalue weighted by molar-refractivity contribution is 0.0851. The van der Waals surface area contributed by atoms with Gasteiger partial charge in [-0.2, -0.15) is 0 Å². The summed E-state index contributed by atoms with van der Waals surface area (Å²) in [4.78, 5) is 0. The molecule has 1 aromatic rings. The number of benzene rings is 1. The SMILES string of the molecule is NCc1c(Cl)cccc1OCC(O)CC1CCCC1. The monoisotopic (exact) mass is 283 g/mol. The van der Waals surface area contributed by atoms with Crippen LogP contribution in [0.15, 0.2) is 18.2 Å². The van der Waals surface area contributed by atoms with Gasteiger partial charge in [0.2, 0.25) is 0 Å². The zero-order valence-corrected chi connectivity index (χ0v) is 11.9. The van der Waals surface area contributed by atoms with E-state index < -0.39 is 6.10 Å². The molecule has 106 valence electrons. The fourth-order valence-electron chi connectivity index (χ4n) is 2.76. The van der Waals surface area contributed by atoms with Crippen molar-refractivity contribution in [2.24, 2.45) is 11.7 Å². The lowest BCUT2D eigenvalue weighted by Crippen LogP contribution is -2.21. The van der Waals surface area contributed by atoms with Crippen molar-refractivity contribution in [3.63, 3.8) is 0 Å². The zero-order valence-electron chi connectivity index (χ0n) is 11.1. The predicted octanol–water partition coefficient (Wildman–Crippen LogP) is 3.12. The van der Waals surface area contributed by atoms with E-state index in [0.29, 0.717) is 29.8 Å². The van der Waals surface area contributed by atoms with E-state index in [4.69, 9.17) is 22.1 Å². The van der Waals surface area contributed by atoms with E-state index >= 15 is 0 Å². The molecule has 1 aliphatic rings. The van der Waals surface area contributed by atoms with Crippen molar-refractivity contribution >= 4 is 11.6 Å². The van der Waals surface area contributed by atoms with Gasteiger partial charge >= 0.3 is 0 Å². The number of hydrogen-bond donors (Lipinski definition) is 2. The molecule has 1 unspecified atom stereocenters. The third-order valence-corrected chi connectivity index (χ3v) is 4.15. The fourth-order valence-corrected chi connectivity index (χ4v) is 3.00. The Kier molecular flexibility index (Phi) is 5.49. The highest BCUT2D eigenvalue weighted by Crippen LogP contribution is 2.29. The second-order valence-corrected chi connectivity index (χ2v) is 5.68. The van der Waals surface area contributed by atoms with Gasteiger partial charge in [0, 0.05) is 17.1 Å². The molecule has 4 heteroatoms. The van der Waals surface area contributed by atoms with Crippen LogP contribution in [0.2, 0.25) is 5.02 Å². The van der Waals surface area contributed by atoms with Crippen LogP contribution < -0.4 is 10.5 Å². The Labute approximate surface area is 119 Å². The first-order valence-electron chi connectivity index (χ1n) is 6.99. The quantitative estimate of drug-likeness (QED) is 0.843. The Morgan fingerprint density at radius 3 is 2.79 bits per heavy atom. The Balaban J connectivity index is 1.85.